The number of hydrogen-bond donors (Lipinski definition) is 2. The van der Waals surface area contributed by atoms with Crippen LogP contribution >= 0.6 is 0 Å². The highest BCUT2D eigenvalue weighted by atomic mass is 16.5. The number of rotatable bonds is 7. The highest BCUT2D eigenvalue weighted by Gasteiger charge is 2.28. The summed E-state index contributed by atoms with van der Waals surface area (Å²) >= 11 is 0. The van der Waals surface area contributed by atoms with Gasteiger partial charge in [-0.1, -0.05) is 13.8 Å². The van der Waals surface area contributed by atoms with Gasteiger partial charge in [0.2, 0.25) is 5.91 Å². The Labute approximate surface area is 142 Å². The SMILES string of the molecule is COc1ccc2c(c1)CC(C(=O)NCC(CC(C)C)C(=O)O)CO2. The number of carbonyl (C=O) groups is 2. The van der Waals surface area contributed by atoms with Crippen LogP contribution in [0.15, 0.2) is 18.2 Å². The molecular formula is C18H25NO5. The van der Waals surface area contributed by atoms with Gasteiger partial charge in [0, 0.05) is 6.54 Å². The maximum atomic E-state index is 12.4. The molecule has 2 rings (SSSR count). The monoisotopic (exact) mass is 335 g/mol. The van der Waals surface area contributed by atoms with Crippen LogP contribution in [0.4, 0.5) is 0 Å². The van der Waals surface area contributed by atoms with Crippen molar-refractivity contribution in [3.05, 3.63) is 23.8 Å². The number of nitrogens with one attached hydrogen (secondary N) is 1. The molecule has 0 bridgehead atoms. The molecule has 0 saturated heterocycles. The molecule has 0 saturated carbocycles. The first-order valence-corrected chi connectivity index (χ1v) is 8.21. The molecule has 24 heavy (non-hydrogen) atoms. The summed E-state index contributed by atoms with van der Waals surface area (Å²) in [5.74, 6) is -0.175. The summed E-state index contributed by atoms with van der Waals surface area (Å²) < 4.78 is 10.8. The maximum absolute atomic E-state index is 12.4. The first-order chi connectivity index (χ1) is 11.4. The molecule has 0 aliphatic carbocycles. The Kier molecular flexibility index (Phi) is 6.06. The van der Waals surface area contributed by atoms with Crippen molar-refractivity contribution in [2.24, 2.45) is 17.8 Å². The second kappa shape index (κ2) is 8.04. The molecule has 1 amide bonds. The average Bonchev–Trinajstić information content (AvgIpc) is 2.56. The predicted molar refractivity (Wildman–Crippen MR) is 89.3 cm³/mol. The third-order valence-corrected chi connectivity index (χ3v) is 4.17. The van der Waals surface area contributed by atoms with E-state index >= 15 is 0 Å². The van der Waals surface area contributed by atoms with Crippen molar-refractivity contribution < 1.29 is 24.2 Å². The zero-order chi connectivity index (χ0) is 17.7. The van der Waals surface area contributed by atoms with E-state index in [2.05, 4.69) is 5.32 Å². The normalized spacial score (nSPS) is 17.6. The summed E-state index contributed by atoms with van der Waals surface area (Å²) in [4.78, 5) is 23.6. The number of amides is 1. The molecule has 1 aromatic rings. The Hall–Kier alpha value is -2.24. The van der Waals surface area contributed by atoms with Crippen molar-refractivity contribution in [2.45, 2.75) is 26.7 Å². The number of carbonyl (C=O) groups excluding carboxylic acids is 1. The van der Waals surface area contributed by atoms with Crippen molar-refractivity contribution in [1.82, 2.24) is 5.32 Å². The molecule has 2 atom stereocenters. The number of carboxylic acids is 1. The van der Waals surface area contributed by atoms with Gasteiger partial charge in [-0.15, -0.1) is 0 Å². The van der Waals surface area contributed by atoms with E-state index in [0.717, 1.165) is 17.1 Å². The number of hydrogen-bond acceptors (Lipinski definition) is 4. The summed E-state index contributed by atoms with van der Waals surface area (Å²) in [7, 11) is 1.59. The largest absolute Gasteiger partial charge is 0.497 e. The molecule has 1 aromatic carbocycles. The second-order valence-electron chi connectivity index (χ2n) is 6.60. The van der Waals surface area contributed by atoms with Gasteiger partial charge in [0.05, 0.1) is 18.9 Å². The van der Waals surface area contributed by atoms with Crippen molar-refractivity contribution in [3.63, 3.8) is 0 Å². The maximum Gasteiger partial charge on any atom is 0.308 e. The Bertz CT molecular complexity index is 599. The lowest BCUT2D eigenvalue weighted by atomic mass is 9.94. The van der Waals surface area contributed by atoms with Crippen molar-refractivity contribution in [3.8, 4) is 11.5 Å². The smallest absolute Gasteiger partial charge is 0.308 e. The van der Waals surface area contributed by atoms with Crippen LogP contribution in [0.25, 0.3) is 0 Å². The predicted octanol–water partition coefficient (Wildman–Crippen LogP) is 2.11. The van der Waals surface area contributed by atoms with Crippen LogP contribution in [0, 0.1) is 17.8 Å². The molecule has 0 fully saturated rings. The molecule has 0 radical (unpaired) electrons. The van der Waals surface area contributed by atoms with Gasteiger partial charge >= 0.3 is 5.97 Å². The molecule has 2 unspecified atom stereocenters. The quantitative estimate of drug-likeness (QED) is 0.797. The molecule has 0 aromatic heterocycles. The van der Waals surface area contributed by atoms with Crippen LogP contribution < -0.4 is 14.8 Å². The number of fused-ring (bicyclic) bond motifs is 1. The van der Waals surface area contributed by atoms with Crippen LogP contribution in [0.3, 0.4) is 0 Å². The molecule has 1 aliphatic rings. The van der Waals surface area contributed by atoms with E-state index < -0.39 is 11.9 Å². The minimum atomic E-state index is -0.876. The molecule has 0 spiro atoms. The van der Waals surface area contributed by atoms with E-state index in [1.165, 1.54) is 0 Å². The number of aliphatic carboxylic acids is 1. The highest BCUT2D eigenvalue weighted by molar-refractivity contribution is 5.80. The number of methoxy groups -OCH3 is 1. The van der Waals surface area contributed by atoms with Gasteiger partial charge in [-0.3, -0.25) is 9.59 Å². The first-order valence-electron chi connectivity index (χ1n) is 8.21. The number of carboxylic acid groups (broad SMARTS) is 1. The Morgan fingerprint density at radius 1 is 1.42 bits per heavy atom. The lowest BCUT2D eigenvalue weighted by molar-refractivity contribution is -0.142. The fourth-order valence-electron chi connectivity index (χ4n) is 2.87. The summed E-state index contributed by atoms with van der Waals surface area (Å²) in [5.41, 5.74) is 0.928. The average molecular weight is 335 g/mol. The van der Waals surface area contributed by atoms with Gasteiger partial charge in [0.15, 0.2) is 0 Å². The van der Waals surface area contributed by atoms with Gasteiger partial charge in [-0.2, -0.15) is 0 Å². The van der Waals surface area contributed by atoms with Crippen molar-refractivity contribution in [1.29, 1.82) is 0 Å². The Balaban J connectivity index is 1.94. The molecule has 6 nitrogen and oxygen atoms in total. The van der Waals surface area contributed by atoms with E-state index in [1.54, 1.807) is 7.11 Å². The lowest BCUT2D eigenvalue weighted by Crippen LogP contribution is -2.41. The van der Waals surface area contributed by atoms with Crippen LogP contribution in [0.2, 0.25) is 0 Å². The summed E-state index contributed by atoms with van der Waals surface area (Å²) in [6.07, 6.45) is 1.09. The molecule has 2 N–H and O–H groups in total. The fraction of sp³-hybridized carbons (Fsp3) is 0.556. The third kappa shape index (κ3) is 4.63. The third-order valence-electron chi connectivity index (χ3n) is 4.17. The second-order valence-corrected chi connectivity index (χ2v) is 6.60. The first kappa shape index (κ1) is 18.1. The van der Waals surface area contributed by atoms with Gasteiger partial charge < -0.3 is 19.9 Å². The summed E-state index contributed by atoms with van der Waals surface area (Å²) in [5, 5.41) is 12.0. The van der Waals surface area contributed by atoms with Gasteiger partial charge in [0.25, 0.3) is 0 Å². The topological polar surface area (TPSA) is 84.9 Å². The molecular weight excluding hydrogens is 310 g/mol. The van der Waals surface area contributed by atoms with E-state index in [1.807, 2.05) is 32.0 Å². The van der Waals surface area contributed by atoms with Crippen molar-refractivity contribution in [2.75, 3.05) is 20.3 Å². The minimum Gasteiger partial charge on any atom is -0.497 e. The van der Waals surface area contributed by atoms with E-state index in [-0.39, 0.29) is 24.3 Å². The molecule has 1 aliphatic heterocycles. The van der Waals surface area contributed by atoms with Crippen molar-refractivity contribution >= 4 is 11.9 Å². The minimum absolute atomic E-state index is 0.147. The summed E-state index contributed by atoms with van der Waals surface area (Å²) in [6.45, 7) is 4.38. The van der Waals surface area contributed by atoms with Gasteiger partial charge in [-0.25, -0.2) is 0 Å². The van der Waals surface area contributed by atoms with Gasteiger partial charge in [0.1, 0.15) is 18.1 Å². The zero-order valence-electron chi connectivity index (χ0n) is 14.4. The standard InChI is InChI=1S/C18H25NO5/c1-11(2)6-13(18(21)22)9-19-17(20)14-7-12-8-15(23-3)4-5-16(12)24-10-14/h4-5,8,11,13-14H,6-7,9-10H2,1-3H3,(H,19,20)(H,21,22). The molecule has 132 valence electrons. The van der Waals surface area contributed by atoms with Crippen LogP contribution in [-0.2, 0) is 16.0 Å². The zero-order valence-corrected chi connectivity index (χ0v) is 14.4. The van der Waals surface area contributed by atoms with E-state index in [9.17, 15) is 14.7 Å². The lowest BCUT2D eigenvalue weighted by Gasteiger charge is -2.25. The summed E-state index contributed by atoms with van der Waals surface area (Å²) in [6, 6.07) is 5.53. The molecule has 6 heteroatoms. The highest BCUT2D eigenvalue weighted by Crippen LogP contribution is 2.30. The van der Waals surface area contributed by atoms with E-state index in [4.69, 9.17) is 9.47 Å². The van der Waals surface area contributed by atoms with E-state index in [0.29, 0.717) is 19.4 Å². The number of benzene rings is 1. The fourth-order valence-corrected chi connectivity index (χ4v) is 2.87. The number of ether oxygens (including phenoxy) is 2. The van der Waals surface area contributed by atoms with Crippen LogP contribution in [0.1, 0.15) is 25.8 Å². The Morgan fingerprint density at radius 2 is 2.17 bits per heavy atom. The molecule has 1 heterocycles. The van der Waals surface area contributed by atoms with Crippen LogP contribution in [-0.4, -0.2) is 37.2 Å². The van der Waals surface area contributed by atoms with Gasteiger partial charge in [-0.05, 0) is 42.5 Å². The Morgan fingerprint density at radius 3 is 2.79 bits per heavy atom. The van der Waals surface area contributed by atoms with Crippen LogP contribution in [0.5, 0.6) is 11.5 Å².